The summed E-state index contributed by atoms with van der Waals surface area (Å²) in [6, 6.07) is 3.60. The number of aliphatic hydroxyl groups excluding tert-OH is 1. The Balaban J connectivity index is 2.65. The van der Waals surface area contributed by atoms with Gasteiger partial charge in [0.15, 0.2) is 0 Å². The van der Waals surface area contributed by atoms with Crippen LogP contribution in [0, 0.1) is 5.92 Å². The monoisotopic (exact) mass is 279 g/mol. The topological polar surface area (TPSA) is 74.2 Å². The minimum atomic E-state index is -0.423. The van der Waals surface area contributed by atoms with E-state index in [0.29, 0.717) is 11.5 Å². The molecule has 3 N–H and O–H groups in total. The summed E-state index contributed by atoms with van der Waals surface area (Å²) in [7, 11) is 0. The van der Waals surface area contributed by atoms with Gasteiger partial charge < -0.3 is 15.7 Å². The molecule has 5 nitrogen and oxygen atoms in total. The number of carbonyl (C=O) groups is 1. The highest BCUT2D eigenvalue weighted by Gasteiger charge is 2.17. The van der Waals surface area contributed by atoms with Crippen LogP contribution in [0.1, 0.15) is 40.5 Å². The van der Waals surface area contributed by atoms with E-state index in [-0.39, 0.29) is 18.4 Å². The Morgan fingerprint density at radius 1 is 1.35 bits per heavy atom. The lowest BCUT2D eigenvalue weighted by Gasteiger charge is -2.24. The number of hydrogen-bond acceptors (Lipinski definition) is 4. The SMILES string of the molecule is CCC(CC)C(=O)Nc1ccc(NC(C)(C)CO)nc1. The first-order valence-corrected chi connectivity index (χ1v) is 7.07. The van der Waals surface area contributed by atoms with E-state index in [9.17, 15) is 9.90 Å². The smallest absolute Gasteiger partial charge is 0.227 e. The van der Waals surface area contributed by atoms with Gasteiger partial charge in [0, 0.05) is 5.92 Å². The molecule has 0 fully saturated rings. The predicted octanol–water partition coefficient (Wildman–Crippen LogP) is 2.64. The molecule has 0 aromatic carbocycles. The van der Waals surface area contributed by atoms with Crippen LogP contribution in [0.2, 0.25) is 0 Å². The van der Waals surface area contributed by atoms with Gasteiger partial charge in [-0.2, -0.15) is 0 Å². The van der Waals surface area contributed by atoms with E-state index < -0.39 is 5.54 Å². The van der Waals surface area contributed by atoms with Crippen molar-refractivity contribution in [2.75, 3.05) is 17.2 Å². The molecule has 0 saturated carbocycles. The van der Waals surface area contributed by atoms with Gasteiger partial charge in [0.25, 0.3) is 0 Å². The molecule has 1 amide bonds. The summed E-state index contributed by atoms with van der Waals surface area (Å²) in [5.41, 5.74) is 0.266. The summed E-state index contributed by atoms with van der Waals surface area (Å²) >= 11 is 0. The third-order valence-corrected chi connectivity index (χ3v) is 3.25. The number of pyridine rings is 1. The molecule has 1 aromatic rings. The number of anilines is 2. The fourth-order valence-electron chi connectivity index (χ4n) is 1.83. The molecule has 0 radical (unpaired) electrons. The molecular formula is C15H25N3O2. The average Bonchev–Trinajstić information content (AvgIpc) is 2.42. The fraction of sp³-hybridized carbons (Fsp3) is 0.600. The average molecular weight is 279 g/mol. The fourth-order valence-corrected chi connectivity index (χ4v) is 1.83. The van der Waals surface area contributed by atoms with Crippen molar-refractivity contribution in [3.8, 4) is 0 Å². The molecule has 20 heavy (non-hydrogen) atoms. The van der Waals surface area contributed by atoms with E-state index in [1.54, 1.807) is 12.3 Å². The van der Waals surface area contributed by atoms with Gasteiger partial charge in [0.2, 0.25) is 5.91 Å². The molecule has 5 heteroatoms. The van der Waals surface area contributed by atoms with Gasteiger partial charge >= 0.3 is 0 Å². The lowest BCUT2D eigenvalue weighted by atomic mass is 10.0. The van der Waals surface area contributed by atoms with Crippen molar-refractivity contribution in [3.63, 3.8) is 0 Å². The predicted molar refractivity (Wildman–Crippen MR) is 81.7 cm³/mol. The summed E-state index contributed by atoms with van der Waals surface area (Å²) in [6.45, 7) is 7.81. The Morgan fingerprint density at radius 3 is 2.45 bits per heavy atom. The molecule has 0 unspecified atom stereocenters. The van der Waals surface area contributed by atoms with Crippen LogP contribution in [0.25, 0.3) is 0 Å². The zero-order chi connectivity index (χ0) is 15.2. The quantitative estimate of drug-likeness (QED) is 0.717. The maximum absolute atomic E-state index is 11.9. The third-order valence-electron chi connectivity index (χ3n) is 3.25. The summed E-state index contributed by atoms with van der Waals surface area (Å²) in [4.78, 5) is 16.2. The van der Waals surface area contributed by atoms with Crippen molar-refractivity contribution >= 4 is 17.4 Å². The second-order valence-corrected chi connectivity index (χ2v) is 5.60. The molecule has 0 aliphatic heterocycles. The molecule has 0 aliphatic carbocycles. The first kappa shape index (κ1) is 16.4. The van der Waals surface area contributed by atoms with Crippen LogP contribution in [0.15, 0.2) is 18.3 Å². The number of nitrogens with zero attached hydrogens (tertiary/aromatic N) is 1. The van der Waals surface area contributed by atoms with Crippen molar-refractivity contribution in [1.29, 1.82) is 0 Å². The van der Waals surface area contributed by atoms with Crippen molar-refractivity contribution < 1.29 is 9.90 Å². The van der Waals surface area contributed by atoms with Crippen LogP contribution in [-0.2, 0) is 4.79 Å². The van der Waals surface area contributed by atoms with Crippen LogP contribution in [0.5, 0.6) is 0 Å². The molecule has 0 spiro atoms. The van der Waals surface area contributed by atoms with Crippen molar-refractivity contribution in [2.45, 2.75) is 46.1 Å². The Kier molecular flexibility index (Phi) is 5.95. The van der Waals surface area contributed by atoms with E-state index in [1.807, 2.05) is 33.8 Å². The van der Waals surface area contributed by atoms with Crippen LogP contribution in [0.3, 0.4) is 0 Å². The molecule has 112 valence electrons. The molecule has 1 aromatic heterocycles. The zero-order valence-corrected chi connectivity index (χ0v) is 12.7. The summed E-state index contributed by atoms with van der Waals surface area (Å²) < 4.78 is 0. The highest BCUT2D eigenvalue weighted by atomic mass is 16.3. The molecule has 0 atom stereocenters. The maximum Gasteiger partial charge on any atom is 0.227 e. The number of amides is 1. The second-order valence-electron chi connectivity index (χ2n) is 5.60. The van der Waals surface area contributed by atoms with Crippen molar-refractivity contribution in [3.05, 3.63) is 18.3 Å². The summed E-state index contributed by atoms with van der Waals surface area (Å²) in [5.74, 6) is 0.749. The first-order chi connectivity index (χ1) is 9.41. The van der Waals surface area contributed by atoms with Crippen LogP contribution in [0.4, 0.5) is 11.5 Å². The molecule has 0 saturated heterocycles. The minimum Gasteiger partial charge on any atom is -0.394 e. The van der Waals surface area contributed by atoms with E-state index in [4.69, 9.17) is 0 Å². The number of hydrogen-bond donors (Lipinski definition) is 3. The second kappa shape index (κ2) is 7.24. The van der Waals surface area contributed by atoms with E-state index in [0.717, 1.165) is 12.8 Å². The first-order valence-electron chi connectivity index (χ1n) is 7.07. The lowest BCUT2D eigenvalue weighted by Crippen LogP contribution is -2.35. The van der Waals surface area contributed by atoms with E-state index >= 15 is 0 Å². The van der Waals surface area contributed by atoms with Crippen LogP contribution < -0.4 is 10.6 Å². The number of aromatic nitrogens is 1. The Labute approximate surface area is 120 Å². The Morgan fingerprint density at radius 2 is 2.00 bits per heavy atom. The number of rotatable bonds is 7. The third kappa shape index (κ3) is 4.81. The lowest BCUT2D eigenvalue weighted by molar-refractivity contribution is -0.120. The standard InChI is InChI=1S/C15H25N3O2/c1-5-11(6-2)14(20)17-12-7-8-13(16-9-12)18-15(3,4)10-19/h7-9,11,19H,5-6,10H2,1-4H3,(H,16,18)(H,17,20). The van der Waals surface area contributed by atoms with Gasteiger partial charge in [-0.25, -0.2) is 4.98 Å². The summed E-state index contributed by atoms with van der Waals surface area (Å²) in [6.07, 6.45) is 3.29. The summed E-state index contributed by atoms with van der Waals surface area (Å²) in [5, 5.41) is 15.2. The van der Waals surface area contributed by atoms with Gasteiger partial charge in [-0.1, -0.05) is 13.8 Å². The highest BCUT2D eigenvalue weighted by molar-refractivity contribution is 5.92. The van der Waals surface area contributed by atoms with E-state index in [1.165, 1.54) is 0 Å². The minimum absolute atomic E-state index is 0.0157. The van der Waals surface area contributed by atoms with Crippen LogP contribution in [-0.4, -0.2) is 28.1 Å². The van der Waals surface area contributed by atoms with Crippen molar-refractivity contribution in [1.82, 2.24) is 4.98 Å². The van der Waals surface area contributed by atoms with Gasteiger partial charge in [0.1, 0.15) is 5.82 Å². The maximum atomic E-state index is 11.9. The van der Waals surface area contributed by atoms with Crippen molar-refractivity contribution in [2.24, 2.45) is 5.92 Å². The Hall–Kier alpha value is -1.62. The van der Waals surface area contributed by atoms with Gasteiger partial charge in [-0.15, -0.1) is 0 Å². The van der Waals surface area contributed by atoms with E-state index in [2.05, 4.69) is 15.6 Å². The van der Waals surface area contributed by atoms with Crippen LogP contribution >= 0.6 is 0 Å². The van der Waals surface area contributed by atoms with Gasteiger partial charge in [-0.3, -0.25) is 4.79 Å². The molecule has 1 heterocycles. The highest BCUT2D eigenvalue weighted by Crippen LogP contribution is 2.16. The van der Waals surface area contributed by atoms with Gasteiger partial charge in [-0.05, 0) is 38.8 Å². The normalized spacial score (nSPS) is 11.5. The molecule has 0 bridgehead atoms. The molecule has 0 aliphatic rings. The zero-order valence-electron chi connectivity index (χ0n) is 12.7. The molecule has 1 rings (SSSR count). The number of aliphatic hydroxyl groups is 1. The number of nitrogens with one attached hydrogen (secondary N) is 2. The Bertz CT molecular complexity index is 425. The largest absolute Gasteiger partial charge is 0.394 e. The van der Waals surface area contributed by atoms with Gasteiger partial charge in [0.05, 0.1) is 24.0 Å². The number of carbonyl (C=O) groups excluding carboxylic acids is 1. The molecular weight excluding hydrogens is 254 g/mol.